The molecule has 0 unspecified atom stereocenters. The predicted octanol–water partition coefficient (Wildman–Crippen LogP) is 3.58. The van der Waals surface area contributed by atoms with E-state index in [1.165, 1.54) is 6.42 Å². The van der Waals surface area contributed by atoms with Gasteiger partial charge in [0, 0.05) is 6.42 Å². The third kappa shape index (κ3) is 1.90. The molecule has 12 heavy (non-hydrogen) atoms. The second kappa shape index (κ2) is 3.79. The number of aliphatic hydroxyl groups is 1. The van der Waals surface area contributed by atoms with E-state index in [1.54, 1.807) is 0 Å². The standard InChI is InChI=1S/C11H18O/c1-4-11(12)10-6-5-8(2)7-9(10)3/h8,12H,3-7H2,1-2H3/b11-10+/t8-/m1/s1. The van der Waals surface area contributed by atoms with Gasteiger partial charge in [0.05, 0.1) is 5.76 Å². The Morgan fingerprint density at radius 2 is 2.33 bits per heavy atom. The lowest BCUT2D eigenvalue weighted by atomic mass is 9.83. The molecule has 0 radical (unpaired) electrons. The van der Waals surface area contributed by atoms with Crippen molar-refractivity contribution in [3.05, 3.63) is 23.5 Å². The van der Waals surface area contributed by atoms with E-state index in [4.69, 9.17) is 0 Å². The predicted molar refractivity (Wildman–Crippen MR) is 52.1 cm³/mol. The van der Waals surface area contributed by atoms with E-state index < -0.39 is 0 Å². The van der Waals surface area contributed by atoms with Crippen LogP contribution in [-0.2, 0) is 0 Å². The highest BCUT2D eigenvalue weighted by Crippen LogP contribution is 2.33. The van der Waals surface area contributed by atoms with Gasteiger partial charge in [0.15, 0.2) is 0 Å². The summed E-state index contributed by atoms with van der Waals surface area (Å²) in [5.74, 6) is 1.29. The second-order valence-electron chi connectivity index (χ2n) is 3.73. The molecular formula is C11H18O. The third-order valence-electron chi connectivity index (χ3n) is 2.59. The molecule has 1 saturated carbocycles. The van der Waals surface area contributed by atoms with Gasteiger partial charge in [0.25, 0.3) is 0 Å². The minimum atomic E-state index is 0.548. The molecule has 1 N–H and O–H groups in total. The van der Waals surface area contributed by atoms with E-state index in [9.17, 15) is 5.11 Å². The van der Waals surface area contributed by atoms with Gasteiger partial charge < -0.3 is 5.11 Å². The quantitative estimate of drug-likeness (QED) is 0.590. The molecule has 0 amide bonds. The zero-order valence-electron chi connectivity index (χ0n) is 8.06. The monoisotopic (exact) mass is 166 g/mol. The summed E-state index contributed by atoms with van der Waals surface area (Å²) in [6.45, 7) is 8.22. The SMILES string of the molecule is C=C1C[C@H](C)CC/C1=C(\O)CC. The molecule has 1 aliphatic rings. The Morgan fingerprint density at radius 3 is 2.83 bits per heavy atom. The molecule has 0 spiro atoms. The molecule has 1 rings (SSSR count). The number of rotatable bonds is 1. The fourth-order valence-corrected chi connectivity index (χ4v) is 1.78. The number of aliphatic hydroxyl groups excluding tert-OH is 1. The van der Waals surface area contributed by atoms with Gasteiger partial charge in [-0.1, -0.05) is 20.4 Å². The van der Waals surface area contributed by atoms with Crippen LogP contribution in [0.15, 0.2) is 23.5 Å². The van der Waals surface area contributed by atoms with Crippen molar-refractivity contribution in [2.45, 2.75) is 39.5 Å². The Labute approximate surface area is 74.8 Å². The van der Waals surface area contributed by atoms with Gasteiger partial charge in [-0.2, -0.15) is 0 Å². The van der Waals surface area contributed by atoms with E-state index in [0.717, 1.165) is 36.3 Å². The van der Waals surface area contributed by atoms with Crippen molar-refractivity contribution in [1.29, 1.82) is 0 Å². The summed E-state index contributed by atoms with van der Waals surface area (Å²) >= 11 is 0. The molecule has 0 heterocycles. The molecule has 0 aromatic carbocycles. The van der Waals surface area contributed by atoms with Gasteiger partial charge in [0.1, 0.15) is 0 Å². The zero-order chi connectivity index (χ0) is 9.14. The van der Waals surface area contributed by atoms with E-state index in [-0.39, 0.29) is 0 Å². The molecule has 68 valence electrons. The van der Waals surface area contributed by atoms with E-state index in [1.807, 2.05) is 6.92 Å². The van der Waals surface area contributed by atoms with Crippen molar-refractivity contribution in [1.82, 2.24) is 0 Å². The topological polar surface area (TPSA) is 20.2 Å². The van der Waals surface area contributed by atoms with Crippen LogP contribution in [0.1, 0.15) is 39.5 Å². The largest absolute Gasteiger partial charge is 0.512 e. The fourth-order valence-electron chi connectivity index (χ4n) is 1.78. The molecule has 0 aromatic heterocycles. The highest BCUT2D eigenvalue weighted by Gasteiger charge is 2.18. The molecule has 1 heteroatoms. The summed E-state index contributed by atoms with van der Waals surface area (Å²) in [6.07, 6.45) is 4.00. The van der Waals surface area contributed by atoms with Crippen LogP contribution in [0.2, 0.25) is 0 Å². The van der Waals surface area contributed by atoms with Crippen LogP contribution in [0, 0.1) is 5.92 Å². The van der Waals surface area contributed by atoms with E-state index in [2.05, 4.69) is 13.5 Å². The van der Waals surface area contributed by atoms with Crippen LogP contribution in [-0.4, -0.2) is 5.11 Å². The van der Waals surface area contributed by atoms with Crippen molar-refractivity contribution in [3.8, 4) is 0 Å². The first-order valence-corrected chi connectivity index (χ1v) is 4.74. The Kier molecular flexibility index (Phi) is 2.96. The van der Waals surface area contributed by atoms with Crippen LogP contribution < -0.4 is 0 Å². The molecular weight excluding hydrogens is 148 g/mol. The normalized spacial score (nSPS) is 28.8. The Balaban J connectivity index is 2.75. The van der Waals surface area contributed by atoms with Gasteiger partial charge in [-0.3, -0.25) is 0 Å². The molecule has 0 aliphatic heterocycles. The van der Waals surface area contributed by atoms with Crippen molar-refractivity contribution in [2.75, 3.05) is 0 Å². The summed E-state index contributed by atoms with van der Waals surface area (Å²) in [7, 11) is 0. The highest BCUT2D eigenvalue weighted by molar-refractivity contribution is 5.32. The van der Waals surface area contributed by atoms with Crippen LogP contribution >= 0.6 is 0 Å². The van der Waals surface area contributed by atoms with Crippen LogP contribution in [0.3, 0.4) is 0 Å². The fraction of sp³-hybridized carbons (Fsp3) is 0.636. The van der Waals surface area contributed by atoms with Crippen molar-refractivity contribution < 1.29 is 5.11 Å². The average Bonchev–Trinajstić information content (AvgIpc) is 2.03. The Morgan fingerprint density at radius 1 is 1.67 bits per heavy atom. The maximum absolute atomic E-state index is 9.56. The second-order valence-corrected chi connectivity index (χ2v) is 3.73. The maximum Gasteiger partial charge on any atom is 0.0954 e. The van der Waals surface area contributed by atoms with Gasteiger partial charge >= 0.3 is 0 Å². The van der Waals surface area contributed by atoms with E-state index in [0.29, 0.717) is 5.76 Å². The van der Waals surface area contributed by atoms with Gasteiger partial charge in [0.2, 0.25) is 0 Å². The Hall–Kier alpha value is -0.720. The van der Waals surface area contributed by atoms with Crippen LogP contribution in [0.4, 0.5) is 0 Å². The summed E-state index contributed by atoms with van der Waals surface area (Å²) < 4.78 is 0. The molecule has 1 fully saturated rings. The lowest BCUT2D eigenvalue weighted by Crippen LogP contribution is -2.08. The number of hydrogen-bond acceptors (Lipinski definition) is 1. The van der Waals surface area contributed by atoms with Crippen molar-refractivity contribution >= 4 is 0 Å². The highest BCUT2D eigenvalue weighted by atomic mass is 16.3. The van der Waals surface area contributed by atoms with Gasteiger partial charge in [-0.25, -0.2) is 0 Å². The lowest BCUT2D eigenvalue weighted by Gasteiger charge is -2.23. The first kappa shape index (κ1) is 9.37. The Bertz CT molecular complexity index is 213. The minimum absolute atomic E-state index is 0.548. The first-order valence-electron chi connectivity index (χ1n) is 4.74. The van der Waals surface area contributed by atoms with Crippen molar-refractivity contribution in [2.24, 2.45) is 5.92 Å². The summed E-state index contributed by atoms with van der Waals surface area (Å²) in [5, 5.41) is 9.56. The molecule has 1 nitrogen and oxygen atoms in total. The van der Waals surface area contributed by atoms with Crippen LogP contribution in [0.25, 0.3) is 0 Å². The smallest absolute Gasteiger partial charge is 0.0954 e. The first-order chi connectivity index (χ1) is 5.65. The maximum atomic E-state index is 9.56. The molecule has 0 bridgehead atoms. The summed E-state index contributed by atoms with van der Waals surface area (Å²) in [6, 6.07) is 0. The number of allylic oxidation sites excluding steroid dienone is 3. The average molecular weight is 166 g/mol. The molecule has 1 atom stereocenters. The molecule has 1 aliphatic carbocycles. The summed E-state index contributed by atoms with van der Waals surface area (Å²) in [5.41, 5.74) is 2.27. The minimum Gasteiger partial charge on any atom is -0.512 e. The lowest BCUT2D eigenvalue weighted by molar-refractivity contribution is 0.375. The third-order valence-corrected chi connectivity index (χ3v) is 2.59. The molecule has 0 saturated heterocycles. The van der Waals surface area contributed by atoms with Crippen LogP contribution in [0.5, 0.6) is 0 Å². The van der Waals surface area contributed by atoms with Gasteiger partial charge in [-0.05, 0) is 36.3 Å². The van der Waals surface area contributed by atoms with E-state index >= 15 is 0 Å². The van der Waals surface area contributed by atoms with Gasteiger partial charge in [-0.15, -0.1) is 0 Å². The molecule has 0 aromatic rings. The zero-order valence-corrected chi connectivity index (χ0v) is 8.06. The van der Waals surface area contributed by atoms with Crippen molar-refractivity contribution in [3.63, 3.8) is 0 Å². The summed E-state index contributed by atoms with van der Waals surface area (Å²) in [4.78, 5) is 0. The number of hydrogen-bond donors (Lipinski definition) is 1.